The second-order valence-electron chi connectivity index (χ2n) is 7.07. The molecule has 0 radical (unpaired) electrons. The van der Waals surface area contributed by atoms with Crippen molar-refractivity contribution < 1.29 is 9.53 Å². The number of amides is 1. The van der Waals surface area contributed by atoms with Gasteiger partial charge in [-0.3, -0.25) is 9.69 Å². The Labute approximate surface area is 156 Å². The average Bonchev–Trinajstić information content (AvgIpc) is 2.69. The zero-order chi connectivity index (χ0) is 18.4. The minimum absolute atomic E-state index is 0.0761. The van der Waals surface area contributed by atoms with Crippen molar-refractivity contribution in [1.29, 1.82) is 0 Å². The SMILES string of the molecule is COc1ccccc1CN1CCC[C@@H](C(=O)N(C)Cc2ccccc2)C1. The number of hydrogen-bond acceptors (Lipinski definition) is 3. The van der Waals surface area contributed by atoms with Gasteiger partial charge in [-0.1, -0.05) is 48.5 Å². The minimum atomic E-state index is 0.0761. The van der Waals surface area contributed by atoms with E-state index in [1.54, 1.807) is 7.11 Å². The lowest BCUT2D eigenvalue weighted by Gasteiger charge is -2.34. The largest absolute Gasteiger partial charge is 0.496 e. The standard InChI is InChI=1S/C22H28N2O2/c1-23(15-18-9-4-3-5-10-18)22(25)20-12-8-14-24(17-20)16-19-11-6-7-13-21(19)26-2/h3-7,9-11,13,20H,8,12,14-17H2,1-2H3/t20-/m1/s1. The maximum absolute atomic E-state index is 12.9. The molecular formula is C22H28N2O2. The van der Waals surface area contributed by atoms with Crippen molar-refractivity contribution in [2.75, 3.05) is 27.2 Å². The smallest absolute Gasteiger partial charge is 0.227 e. The number of piperidine rings is 1. The van der Waals surface area contributed by atoms with Crippen LogP contribution < -0.4 is 4.74 Å². The molecule has 1 amide bonds. The zero-order valence-electron chi connectivity index (χ0n) is 15.7. The molecule has 26 heavy (non-hydrogen) atoms. The molecule has 3 rings (SSSR count). The first-order valence-electron chi connectivity index (χ1n) is 9.30. The zero-order valence-corrected chi connectivity index (χ0v) is 15.7. The van der Waals surface area contributed by atoms with E-state index < -0.39 is 0 Å². The Morgan fingerprint density at radius 2 is 1.88 bits per heavy atom. The van der Waals surface area contributed by atoms with Crippen molar-refractivity contribution in [2.45, 2.75) is 25.9 Å². The number of ether oxygens (including phenoxy) is 1. The van der Waals surface area contributed by atoms with Crippen LogP contribution in [-0.2, 0) is 17.9 Å². The van der Waals surface area contributed by atoms with Crippen molar-refractivity contribution in [3.05, 3.63) is 65.7 Å². The van der Waals surface area contributed by atoms with Gasteiger partial charge in [-0.25, -0.2) is 0 Å². The second kappa shape index (κ2) is 8.86. The van der Waals surface area contributed by atoms with Crippen LogP contribution in [0.5, 0.6) is 5.75 Å². The predicted octanol–water partition coefficient (Wildman–Crippen LogP) is 3.57. The van der Waals surface area contributed by atoms with Gasteiger partial charge in [0.05, 0.1) is 13.0 Å². The number of para-hydroxylation sites is 1. The fourth-order valence-electron chi connectivity index (χ4n) is 3.72. The Hall–Kier alpha value is -2.33. The lowest BCUT2D eigenvalue weighted by atomic mass is 9.96. The fourth-order valence-corrected chi connectivity index (χ4v) is 3.72. The van der Waals surface area contributed by atoms with Gasteiger partial charge in [0.2, 0.25) is 5.91 Å². The van der Waals surface area contributed by atoms with E-state index in [4.69, 9.17) is 4.74 Å². The van der Waals surface area contributed by atoms with E-state index in [9.17, 15) is 4.79 Å². The van der Waals surface area contributed by atoms with Crippen LogP contribution in [0, 0.1) is 5.92 Å². The molecule has 0 aromatic heterocycles. The maximum atomic E-state index is 12.9. The van der Waals surface area contributed by atoms with E-state index in [1.165, 1.54) is 11.1 Å². The summed E-state index contributed by atoms with van der Waals surface area (Å²) in [6.07, 6.45) is 2.03. The van der Waals surface area contributed by atoms with Crippen LogP contribution in [0.2, 0.25) is 0 Å². The van der Waals surface area contributed by atoms with Gasteiger partial charge in [-0.15, -0.1) is 0 Å². The van der Waals surface area contributed by atoms with Crippen LogP contribution in [0.25, 0.3) is 0 Å². The summed E-state index contributed by atoms with van der Waals surface area (Å²) in [5.41, 5.74) is 2.35. The number of benzene rings is 2. The van der Waals surface area contributed by atoms with E-state index >= 15 is 0 Å². The number of nitrogens with zero attached hydrogens (tertiary/aromatic N) is 2. The molecule has 0 saturated carbocycles. The molecule has 1 saturated heterocycles. The van der Waals surface area contributed by atoms with Crippen LogP contribution >= 0.6 is 0 Å². The first-order chi connectivity index (χ1) is 12.7. The summed E-state index contributed by atoms with van der Waals surface area (Å²) in [4.78, 5) is 17.1. The maximum Gasteiger partial charge on any atom is 0.227 e. The number of carbonyl (C=O) groups excluding carboxylic acids is 1. The summed E-state index contributed by atoms with van der Waals surface area (Å²) < 4.78 is 5.46. The molecule has 2 aromatic carbocycles. The summed E-state index contributed by atoms with van der Waals surface area (Å²) in [7, 11) is 3.62. The van der Waals surface area contributed by atoms with Crippen LogP contribution in [0.15, 0.2) is 54.6 Å². The van der Waals surface area contributed by atoms with Crippen LogP contribution in [0.3, 0.4) is 0 Å². The van der Waals surface area contributed by atoms with Gasteiger partial charge in [-0.2, -0.15) is 0 Å². The topological polar surface area (TPSA) is 32.8 Å². The minimum Gasteiger partial charge on any atom is -0.496 e. The normalized spacial score (nSPS) is 17.7. The molecule has 0 bridgehead atoms. The van der Waals surface area contributed by atoms with Gasteiger partial charge in [0, 0.05) is 32.2 Å². The Morgan fingerprint density at radius 1 is 1.15 bits per heavy atom. The predicted molar refractivity (Wildman–Crippen MR) is 104 cm³/mol. The Morgan fingerprint density at radius 3 is 2.65 bits per heavy atom. The van der Waals surface area contributed by atoms with E-state index in [-0.39, 0.29) is 11.8 Å². The average molecular weight is 352 g/mol. The van der Waals surface area contributed by atoms with Gasteiger partial charge in [-0.05, 0) is 31.0 Å². The van der Waals surface area contributed by atoms with Gasteiger partial charge < -0.3 is 9.64 Å². The summed E-state index contributed by atoms with van der Waals surface area (Å²) in [6.45, 7) is 3.35. The van der Waals surface area contributed by atoms with Crippen LogP contribution in [0.4, 0.5) is 0 Å². The lowest BCUT2D eigenvalue weighted by Crippen LogP contribution is -2.43. The van der Waals surface area contributed by atoms with Crippen LogP contribution in [-0.4, -0.2) is 43.0 Å². The molecular weight excluding hydrogens is 324 g/mol. The molecule has 0 N–H and O–H groups in total. The summed E-state index contributed by atoms with van der Waals surface area (Å²) in [6, 6.07) is 18.3. The van der Waals surface area contributed by atoms with Gasteiger partial charge in [0.15, 0.2) is 0 Å². The number of carbonyl (C=O) groups is 1. The van der Waals surface area contributed by atoms with E-state index in [0.29, 0.717) is 6.54 Å². The molecule has 1 heterocycles. The summed E-state index contributed by atoms with van der Waals surface area (Å²) in [5, 5.41) is 0. The molecule has 0 aliphatic carbocycles. The molecule has 1 aliphatic rings. The molecule has 4 heteroatoms. The molecule has 1 aliphatic heterocycles. The molecule has 138 valence electrons. The van der Waals surface area contributed by atoms with Crippen molar-refractivity contribution >= 4 is 5.91 Å². The molecule has 2 aromatic rings. The number of rotatable bonds is 6. The quantitative estimate of drug-likeness (QED) is 0.797. The highest BCUT2D eigenvalue weighted by Gasteiger charge is 2.28. The second-order valence-corrected chi connectivity index (χ2v) is 7.07. The number of likely N-dealkylation sites (tertiary alicyclic amines) is 1. The fraction of sp³-hybridized carbons (Fsp3) is 0.409. The van der Waals surface area contributed by atoms with Gasteiger partial charge in [0.1, 0.15) is 5.75 Å². The Bertz CT molecular complexity index is 717. The molecule has 1 atom stereocenters. The van der Waals surface area contributed by atoms with Crippen LogP contribution in [0.1, 0.15) is 24.0 Å². The number of methoxy groups -OCH3 is 1. The summed E-state index contributed by atoms with van der Waals surface area (Å²) >= 11 is 0. The third-order valence-electron chi connectivity index (χ3n) is 5.08. The third kappa shape index (κ3) is 4.64. The molecule has 0 unspecified atom stereocenters. The highest BCUT2D eigenvalue weighted by molar-refractivity contribution is 5.79. The highest BCUT2D eigenvalue weighted by atomic mass is 16.5. The number of hydrogen-bond donors (Lipinski definition) is 0. The molecule has 1 fully saturated rings. The molecule has 0 spiro atoms. The first-order valence-corrected chi connectivity index (χ1v) is 9.30. The van der Waals surface area contributed by atoms with E-state index in [2.05, 4.69) is 23.1 Å². The van der Waals surface area contributed by atoms with Crippen molar-refractivity contribution in [3.63, 3.8) is 0 Å². The Kier molecular flexibility index (Phi) is 6.29. The van der Waals surface area contributed by atoms with Crippen molar-refractivity contribution in [3.8, 4) is 5.75 Å². The van der Waals surface area contributed by atoms with E-state index in [0.717, 1.165) is 38.2 Å². The van der Waals surface area contributed by atoms with E-state index in [1.807, 2.05) is 48.3 Å². The summed E-state index contributed by atoms with van der Waals surface area (Å²) in [5.74, 6) is 1.24. The van der Waals surface area contributed by atoms with Crippen molar-refractivity contribution in [2.24, 2.45) is 5.92 Å². The van der Waals surface area contributed by atoms with Crippen molar-refractivity contribution in [1.82, 2.24) is 9.80 Å². The van der Waals surface area contributed by atoms with Gasteiger partial charge >= 0.3 is 0 Å². The first kappa shape index (κ1) is 18.5. The monoisotopic (exact) mass is 352 g/mol. The Balaban J connectivity index is 1.59. The lowest BCUT2D eigenvalue weighted by molar-refractivity contribution is -0.136. The highest BCUT2D eigenvalue weighted by Crippen LogP contribution is 2.24. The molecule has 4 nitrogen and oxygen atoms in total. The third-order valence-corrected chi connectivity index (χ3v) is 5.08. The van der Waals surface area contributed by atoms with Gasteiger partial charge in [0.25, 0.3) is 0 Å².